The highest BCUT2D eigenvalue weighted by Crippen LogP contribution is 2.28. The number of unbranched alkanes of at least 4 members (excludes halogenated alkanes) is 1. The first-order valence-electron chi connectivity index (χ1n) is 34.4. The van der Waals surface area contributed by atoms with E-state index in [0.717, 1.165) is 0 Å². The molecule has 634 valence electrons. The molecule has 36 atom stereocenters. The van der Waals surface area contributed by atoms with Crippen LogP contribution in [0.3, 0.4) is 0 Å². The minimum atomic E-state index is -2.02. The number of rotatable bonds is 40. The third-order valence-electron chi connectivity index (χ3n) is 16.9. The fourth-order valence-corrected chi connectivity index (χ4v) is 9.89. The van der Waals surface area contributed by atoms with Gasteiger partial charge in [0.2, 0.25) is 0 Å². The Balaban J connectivity index is 0.000000713. The van der Waals surface area contributed by atoms with Gasteiger partial charge in [-0.25, -0.2) is 0 Å². The van der Waals surface area contributed by atoms with Crippen LogP contribution >= 0.6 is 0 Å². The van der Waals surface area contributed by atoms with Crippen molar-refractivity contribution in [3.05, 3.63) is 0 Å². The smallest absolute Gasteiger partial charge is 0.251 e. The number of aliphatic hydroxyl groups excluding tert-OH is 31. The Morgan fingerprint density at radius 1 is 0.346 bits per heavy atom. The molecule has 0 aliphatic carbocycles. The van der Waals surface area contributed by atoms with Gasteiger partial charge in [0.15, 0.2) is 49.3 Å². The molecule has 3 amide bonds. The largest absolute Gasteiger partial charge is 0.394 e. The van der Waals surface area contributed by atoms with Crippen LogP contribution in [0.5, 0.6) is 0 Å². The summed E-state index contributed by atoms with van der Waals surface area (Å²) in [5.74, 6) is -3.45. The second-order valence-corrected chi connectivity index (χ2v) is 25.5. The molecular formula is C61H117N3O43. The van der Waals surface area contributed by atoms with Crippen molar-refractivity contribution in [2.75, 3.05) is 65.9 Å². The van der Waals surface area contributed by atoms with E-state index in [1.165, 1.54) is 6.92 Å². The summed E-state index contributed by atoms with van der Waals surface area (Å²) in [5.41, 5.74) is 0. The van der Waals surface area contributed by atoms with Crippen molar-refractivity contribution >= 4 is 23.5 Å². The lowest BCUT2D eigenvalue weighted by Crippen LogP contribution is -2.61. The molecule has 4 rings (SSSR count). The maximum absolute atomic E-state index is 12.1. The Morgan fingerprint density at radius 2 is 0.636 bits per heavy atom. The number of ketones is 1. The van der Waals surface area contributed by atoms with Crippen molar-refractivity contribution < 1.29 is 215 Å². The Hall–Kier alpha value is -3.48. The molecule has 107 heavy (non-hydrogen) atoms. The van der Waals surface area contributed by atoms with Crippen molar-refractivity contribution in [3.8, 4) is 0 Å². The lowest BCUT2D eigenvalue weighted by molar-refractivity contribution is -0.325. The molecule has 46 heteroatoms. The third kappa shape index (κ3) is 30.8. The lowest BCUT2D eigenvalue weighted by atomic mass is 9.96. The Morgan fingerprint density at radius 3 is 0.925 bits per heavy atom. The monoisotopic (exact) mass is 1580 g/mol. The molecule has 46 nitrogen and oxygen atoms in total. The van der Waals surface area contributed by atoms with E-state index in [9.17, 15) is 162 Å². The van der Waals surface area contributed by atoms with Crippen molar-refractivity contribution in [1.29, 1.82) is 0 Å². The van der Waals surface area contributed by atoms with Gasteiger partial charge in [-0.15, -0.1) is 0 Å². The van der Waals surface area contributed by atoms with Gasteiger partial charge in [-0.3, -0.25) is 19.2 Å². The standard InChI is InChI=1S/C16H30O11.2C15H29NO11.C15H29NO10/c1-2-3-4-7(19)10(21)15(11(22)8(20)5-17)27-16-14(25)13(24)12(23)9(6-18)26-16;2*1-2-3-16-14(25)12(23)10(21)8(19)6(18)5-26-15-13(24)11(22)9(20)7(4-17)27-15;1-3-4-16-14(24)12(22)11(21)9(19)7(17)5-25-15-13(23)10(20)8(18)6(2)26-15/h8-18,20-25H,2-6H2,1H3;2*6-13,15,17-24H,2-5H2,1H3,(H,16,25);6-13,15,17-23H,3-5H2,1-2H3,(H,16,24)/t8-,9-,10+,11-,12-,13+,14-,15-,16+;6-,7-,8-,9+,10+,11+,12-,13-,15+;6-,7-,8-,9-,10+,11+,12-,13-,15-;6-,7+,8-,9+,10+,11-,12+,13+,15+/m1110/s1. The number of hydrogen-bond acceptors (Lipinski definition) is 43. The van der Waals surface area contributed by atoms with E-state index in [1.807, 2.05) is 6.92 Å². The molecule has 0 unspecified atom stereocenters. The number of hydrogen-bond donors (Lipinski definition) is 34. The number of Topliss-reactive ketones (excluding diaryl/α,β-unsaturated/α-hetero) is 1. The zero-order valence-electron chi connectivity index (χ0n) is 59.4. The van der Waals surface area contributed by atoms with Crippen LogP contribution in [0.4, 0.5) is 0 Å². The van der Waals surface area contributed by atoms with Crippen LogP contribution in [0.1, 0.15) is 73.1 Å². The van der Waals surface area contributed by atoms with Crippen molar-refractivity contribution in [1.82, 2.24) is 16.0 Å². The summed E-state index contributed by atoms with van der Waals surface area (Å²) in [6, 6.07) is 0. The summed E-state index contributed by atoms with van der Waals surface area (Å²) in [5, 5.41) is 308. The summed E-state index contributed by atoms with van der Waals surface area (Å²) in [4.78, 5) is 46.8. The fraction of sp³-hybridized carbons (Fsp3) is 0.934. The Labute approximate surface area is 612 Å². The third-order valence-corrected chi connectivity index (χ3v) is 16.9. The number of amides is 3. The summed E-state index contributed by atoms with van der Waals surface area (Å²) in [6.45, 7) is 4.34. The van der Waals surface area contributed by atoms with Gasteiger partial charge in [-0.2, -0.15) is 0 Å². The molecule has 4 saturated heterocycles. The van der Waals surface area contributed by atoms with Gasteiger partial charge in [0, 0.05) is 26.1 Å². The van der Waals surface area contributed by atoms with Gasteiger partial charge >= 0.3 is 0 Å². The van der Waals surface area contributed by atoms with E-state index in [2.05, 4.69) is 16.0 Å². The predicted molar refractivity (Wildman–Crippen MR) is 348 cm³/mol. The molecule has 0 aromatic carbocycles. The van der Waals surface area contributed by atoms with Crippen LogP contribution < -0.4 is 16.0 Å². The van der Waals surface area contributed by atoms with Crippen molar-refractivity contribution in [2.45, 2.75) is 294 Å². The number of carbonyl (C=O) groups is 4. The predicted octanol–water partition coefficient (Wildman–Crippen LogP) is -18.6. The van der Waals surface area contributed by atoms with Gasteiger partial charge in [-0.05, 0) is 32.6 Å². The molecule has 4 aliphatic rings. The highest BCUT2D eigenvalue weighted by Gasteiger charge is 2.50. The van der Waals surface area contributed by atoms with Crippen molar-refractivity contribution in [3.63, 3.8) is 0 Å². The molecule has 34 N–H and O–H groups in total. The summed E-state index contributed by atoms with van der Waals surface area (Å²) < 4.78 is 40.8. The van der Waals surface area contributed by atoms with Crippen LogP contribution in [-0.2, 0) is 57.1 Å². The van der Waals surface area contributed by atoms with Crippen LogP contribution in [0.2, 0.25) is 0 Å². The van der Waals surface area contributed by atoms with Crippen LogP contribution in [-0.4, -0.2) is 468 Å². The Kier molecular flexibility index (Phi) is 48.7. The molecule has 0 saturated carbocycles. The first-order valence-corrected chi connectivity index (χ1v) is 34.4. The summed E-state index contributed by atoms with van der Waals surface area (Å²) >= 11 is 0. The summed E-state index contributed by atoms with van der Waals surface area (Å²) in [6.07, 6.45) is -58.1. The highest BCUT2D eigenvalue weighted by molar-refractivity contribution is 5.83. The van der Waals surface area contributed by atoms with Crippen LogP contribution in [0.25, 0.3) is 0 Å². The van der Waals surface area contributed by atoms with Crippen molar-refractivity contribution in [2.24, 2.45) is 0 Å². The molecule has 0 radical (unpaired) electrons. The molecule has 0 aromatic rings. The van der Waals surface area contributed by atoms with E-state index in [0.29, 0.717) is 32.1 Å². The van der Waals surface area contributed by atoms with E-state index in [1.54, 1.807) is 20.8 Å². The van der Waals surface area contributed by atoms with E-state index >= 15 is 0 Å². The van der Waals surface area contributed by atoms with Gasteiger partial charge < -0.3 is 212 Å². The maximum atomic E-state index is 12.1. The minimum Gasteiger partial charge on any atom is -0.394 e. The Bertz CT molecular complexity index is 2340. The second-order valence-electron chi connectivity index (χ2n) is 25.5. The number of aliphatic hydroxyl groups is 31. The second kappa shape index (κ2) is 51.3. The zero-order chi connectivity index (χ0) is 82.2. The average molecular weight is 1580 g/mol. The molecule has 0 aromatic heterocycles. The topological polar surface area (TPSA) is 805 Å². The first-order chi connectivity index (χ1) is 50.1. The minimum absolute atomic E-state index is 0.0336. The van der Waals surface area contributed by atoms with E-state index in [4.69, 9.17) is 53.2 Å². The molecular weight excluding hydrogens is 1460 g/mol. The van der Waals surface area contributed by atoms with Gasteiger partial charge in [0.05, 0.1) is 52.4 Å². The van der Waals surface area contributed by atoms with E-state index in [-0.39, 0.29) is 26.1 Å². The van der Waals surface area contributed by atoms with Crippen LogP contribution in [0.15, 0.2) is 0 Å². The molecule has 4 aliphatic heterocycles. The number of nitrogens with one attached hydrogen (secondary N) is 3. The molecule has 0 spiro atoms. The average Bonchev–Trinajstić information content (AvgIpc) is 0.817. The SMILES string of the molecule is CCCCC(=O)[C@H](O)[C@@H](O[C@@H]1O[C@H](CO)[C@@H](O)[C@H](O)[C@H]1O)[C@H](O)[C@H](O)CO.CCCNC(=O)[C@H](O)[C@@H](O)[C@H](O)[C@H](O)CO[C@@H]1O[C@@H](C)[C@H](O)[C@@H](O)[C@H]1O.CCCNC(=O)[C@H](O)[C@@H](O)[C@H](O)[C@H](O)CO[C@@H]1O[C@H](CO)[C@@H](O)[C@H](O)[C@H]1O.CCCNC(=O)[C@H](O)[C@@H](O)[C@H](O)[C@H](O)CO[C@H]1O[C@H](CO)[C@H](O)[C@H](O)[C@H]1O. The van der Waals surface area contributed by atoms with Gasteiger partial charge in [-0.1, -0.05) is 34.1 Å². The lowest BCUT2D eigenvalue weighted by Gasteiger charge is -2.42. The first kappa shape index (κ1) is 102. The number of carbonyl (C=O) groups excluding carboxylic acids is 4. The normalized spacial score (nSPS) is 33.4. The highest BCUT2D eigenvalue weighted by atomic mass is 16.7. The number of ether oxygens (including phenoxy) is 8. The maximum Gasteiger partial charge on any atom is 0.251 e. The zero-order valence-corrected chi connectivity index (χ0v) is 59.4. The fourth-order valence-electron chi connectivity index (χ4n) is 9.89. The quantitative estimate of drug-likeness (QED) is 0.0271. The van der Waals surface area contributed by atoms with E-state index < -0.39 is 290 Å². The van der Waals surface area contributed by atoms with Crippen LogP contribution in [0, 0.1) is 0 Å². The molecule has 4 heterocycles. The van der Waals surface area contributed by atoms with Gasteiger partial charge in [0.1, 0.15) is 171 Å². The molecule has 4 fully saturated rings. The van der Waals surface area contributed by atoms with Gasteiger partial charge in [0.25, 0.3) is 17.7 Å². The molecule has 0 bridgehead atoms. The summed E-state index contributed by atoms with van der Waals surface area (Å²) in [7, 11) is 0.